The van der Waals surface area contributed by atoms with Gasteiger partial charge in [0, 0.05) is 19.0 Å². The lowest BCUT2D eigenvalue weighted by Gasteiger charge is -2.24. The highest BCUT2D eigenvalue weighted by atomic mass is 32.2. The van der Waals surface area contributed by atoms with Gasteiger partial charge in [-0.2, -0.15) is 0 Å². The number of benzene rings is 1. The van der Waals surface area contributed by atoms with Crippen molar-refractivity contribution in [1.29, 1.82) is 0 Å². The van der Waals surface area contributed by atoms with E-state index in [1.54, 1.807) is 31.2 Å². The summed E-state index contributed by atoms with van der Waals surface area (Å²) in [6.45, 7) is 1.69. The Balaban J connectivity index is 3.00. The summed E-state index contributed by atoms with van der Waals surface area (Å²) in [5, 5.41) is 8.65. The Morgan fingerprint density at radius 2 is 2.10 bits per heavy atom. The van der Waals surface area contributed by atoms with Gasteiger partial charge in [-0.05, 0) is 25.5 Å². The van der Waals surface area contributed by atoms with Crippen LogP contribution < -0.4 is 9.04 Å². The Kier molecular flexibility index (Phi) is 5.82. The molecule has 1 aromatic rings. The Morgan fingerprint density at radius 1 is 1.40 bits per heavy atom. The minimum absolute atomic E-state index is 0.0444. The van der Waals surface area contributed by atoms with Crippen LogP contribution in [0.2, 0.25) is 0 Å². The highest BCUT2D eigenvalue weighted by molar-refractivity contribution is 7.92. The maximum atomic E-state index is 12.1. The van der Waals surface area contributed by atoms with Gasteiger partial charge in [-0.1, -0.05) is 6.07 Å². The zero-order valence-corrected chi connectivity index (χ0v) is 12.4. The summed E-state index contributed by atoms with van der Waals surface area (Å²) in [4.78, 5) is 10.5. The van der Waals surface area contributed by atoms with Crippen LogP contribution in [-0.2, 0) is 14.8 Å². The van der Waals surface area contributed by atoms with E-state index >= 15 is 0 Å². The van der Waals surface area contributed by atoms with E-state index in [1.807, 2.05) is 0 Å². The van der Waals surface area contributed by atoms with Gasteiger partial charge in [-0.15, -0.1) is 0 Å². The van der Waals surface area contributed by atoms with Crippen LogP contribution >= 0.6 is 0 Å². The van der Waals surface area contributed by atoms with Crippen LogP contribution in [0.4, 0.5) is 5.69 Å². The van der Waals surface area contributed by atoms with E-state index in [2.05, 4.69) is 0 Å². The van der Waals surface area contributed by atoms with E-state index in [0.717, 1.165) is 0 Å². The van der Waals surface area contributed by atoms with Gasteiger partial charge in [0.1, 0.15) is 5.75 Å². The second-order valence-corrected chi connectivity index (χ2v) is 6.35. The molecule has 1 N–H and O–H groups in total. The number of methoxy groups -OCH3 is 1. The van der Waals surface area contributed by atoms with E-state index in [0.29, 0.717) is 11.4 Å². The maximum absolute atomic E-state index is 12.1. The van der Waals surface area contributed by atoms with Crippen molar-refractivity contribution in [3.63, 3.8) is 0 Å². The number of nitrogens with zero attached hydrogens (tertiary/aromatic N) is 1. The smallest absolute Gasteiger partial charge is 0.303 e. The molecule has 20 heavy (non-hydrogen) atoms. The highest BCUT2D eigenvalue weighted by Gasteiger charge is 2.20. The molecule has 0 aliphatic rings. The van der Waals surface area contributed by atoms with Crippen LogP contribution in [0.15, 0.2) is 24.3 Å². The molecule has 7 heteroatoms. The standard InChI is InChI=1S/C13H19NO5S/c1-3-20(17,18)14(9-5-8-13(15)16)11-6-4-7-12(10-11)19-2/h4,6-7,10H,3,5,8-9H2,1-2H3,(H,15,16). The summed E-state index contributed by atoms with van der Waals surface area (Å²) >= 11 is 0. The average Bonchev–Trinajstić information content (AvgIpc) is 2.43. The van der Waals surface area contributed by atoms with Crippen molar-refractivity contribution in [3.8, 4) is 5.75 Å². The van der Waals surface area contributed by atoms with Gasteiger partial charge in [0.05, 0.1) is 18.6 Å². The van der Waals surface area contributed by atoms with E-state index in [1.165, 1.54) is 11.4 Å². The second-order valence-electron chi connectivity index (χ2n) is 4.17. The van der Waals surface area contributed by atoms with Gasteiger partial charge >= 0.3 is 5.97 Å². The molecule has 112 valence electrons. The predicted molar refractivity (Wildman–Crippen MR) is 76.7 cm³/mol. The Morgan fingerprint density at radius 3 is 2.65 bits per heavy atom. The quantitative estimate of drug-likeness (QED) is 0.790. The largest absolute Gasteiger partial charge is 0.497 e. The average molecular weight is 301 g/mol. The number of hydrogen-bond donors (Lipinski definition) is 1. The van der Waals surface area contributed by atoms with E-state index in [-0.39, 0.29) is 25.1 Å². The number of rotatable bonds is 8. The third-order valence-corrected chi connectivity index (χ3v) is 4.59. The van der Waals surface area contributed by atoms with Crippen molar-refractivity contribution >= 4 is 21.7 Å². The molecule has 0 aromatic heterocycles. The third-order valence-electron chi connectivity index (χ3n) is 2.79. The normalized spacial score (nSPS) is 11.1. The van der Waals surface area contributed by atoms with Crippen molar-refractivity contribution in [2.45, 2.75) is 19.8 Å². The van der Waals surface area contributed by atoms with Crippen LogP contribution in [0.5, 0.6) is 5.75 Å². The number of aliphatic carboxylic acids is 1. The van der Waals surface area contributed by atoms with Gasteiger partial charge < -0.3 is 9.84 Å². The summed E-state index contributed by atoms with van der Waals surface area (Å²) in [7, 11) is -1.95. The van der Waals surface area contributed by atoms with Crippen LogP contribution in [0.3, 0.4) is 0 Å². The number of ether oxygens (including phenoxy) is 1. The summed E-state index contributed by atoms with van der Waals surface area (Å²) in [5.41, 5.74) is 0.483. The first kappa shape index (κ1) is 16.3. The lowest BCUT2D eigenvalue weighted by molar-refractivity contribution is -0.137. The molecule has 1 rings (SSSR count). The van der Waals surface area contributed by atoms with E-state index in [4.69, 9.17) is 9.84 Å². The minimum atomic E-state index is -3.45. The van der Waals surface area contributed by atoms with Crippen LogP contribution in [0, 0.1) is 0 Å². The molecule has 0 bridgehead atoms. The van der Waals surface area contributed by atoms with Crippen molar-refractivity contribution in [2.75, 3.05) is 23.7 Å². The SMILES string of the molecule is CCS(=O)(=O)N(CCCC(=O)O)c1cccc(OC)c1. The Hall–Kier alpha value is -1.76. The van der Waals surface area contributed by atoms with Gasteiger partial charge in [0.2, 0.25) is 10.0 Å². The highest BCUT2D eigenvalue weighted by Crippen LogP contribution is 2.24. The predicted octanol–water partition coefficient (Wildman–Crippen LogP) is 1.72. The molecule has 0 radical (unpaired) electrons. The summed E-state index contributed by atoms with van der Waals surface area (Å²) in [5.74, 6) is -0.432. The van der Waals surface area contributed by atoms with Crippen LogP contribution in [0.25, 0.3) is 0 Å². The molecule has 0 unspecified atom stereocenters. The summed E-state index contributed by atoms with van der Waals surface area (Å²) in [6.07, 6.45) is 0.186. The molecule has 1 aromatic carbocycles. The van der Waals surface area contributed by atoms with Crippen molar-refractivity contribution in [1.82, 2.24) is 0 Å². The Bertz CT molecular complexity index is 556. The molecule has 0 saturated carbocycles. The number of anilines is 1. The van der Waals surface area contributed by atoms with Crippen LogP contribution in [-0.4, -0.2) is 38.9 Å². The monoisotopic (exact) mass is 301 g/mol. The first-order valence-electron chi connectivity index (χ1n) is 6.27. The molecular formula is C13H19NO5S. The molecule has 6 nitrogen and oxygen atoms in total. The molecule has 0 heterocycles. The molecule has 0 aliphatic carbocycles. The molecular weight excluding hydrogens is 282 g/mol. The first-order valence-corrected chi connectivity index (χ1v) is 7.88. The second kappa shape index (κ2) is 7.14. The van der Waals surface area contributed by atoms with Gasteiger partial charge in [-0.3, -0.25) is 9.10 Å². The van der Waals surface area contributed by atoms with E-state index < -0.39 is 16.0 Å². The zero-order valence-electron chi connectivity index (χ0n) is 11.6. The minimum Gasteiger partial charge on any atom is -0.497 e. The van der Waals surface area contributed by atoms with Crippen LogP contribution in [0.1, 0.15) is 19.8 Å². The van der Waals surface area contributed by atoms with Crippen molar-refractivity contribution in [3.05, 3.63) is 24.3 Å². The van der Waals surface area contributed by atoms with Gasteiger partial charge in [-0.25, -0.2) is 8.42 Å². The summed E-state index contributed by atoms with van der Waals surface area (Å²) < 4.78 is 30.5. The maximum Gasteiger partial charge on any atom is 0.303 e. The van der Waals surface area contributed by atoms with Crippen molar-refractivity contribution < 1.29 is 23.1 Å². The fourth-order valence-electron chi connectivity index (χ4n) is 1.72. The molecule has 0 fully saturated rings. The molecule has 0 atom stereocenters. The van der Waals surface area contributed by atoms with Crippen molar-refractivity contribution in [2.24, 2.45) is 0 Å². The fourth-order valence-corrected chi connectivity index (χ4v) is 2.88. The fraction of sp³-hybridized carbons (Fsp3) is 0.462. The summed E-state index contributed by atoms with van der Waals surface area (Å²) in [6, 6.07) is 6.70. The number of hydrogen-bond acceptors (Lipinski definition) is 4. The number of carbonyl (C=O) groups is 1. The Labute approximate surface area is 119 Å². The lowest BCUT2D eigenvalue weighted by atomic mass is 10.2. The van der Waals surface area contributed by atoms with E-state index in [9.17, 15) is 13.2 Å². The topological polar surface area (TPSA) is 83.9 Å². The zero-order chi connectivity index (χ0) is 15.2. The third kappa shape index (κ3) is 4.41. The van der Waals surface area contributed by atoms with Gasteiger partial charge in [0.15, 0.2) is 0 Å². The molecule has 0 saturated heterocycles. The van der Waals surface area contributed by atoms with Gasteiger partial charge in [0.25, 0.3) is 0 Å². The number of carboxylic acid groups (broad SMARTS) is 1. The lowest BCUT2D eigenvalue weighted by Crippen LogP contribution is -2.33. The first-order chi connectivity index (χ1) is 9.40. The molecule has 0 amide bonds. The molecule has 0 spiro atoms. The number of sulfonamides is 1. The number of carboxylic acids is 1. The molecule has 0 aliphatic heterocycles.